The number of aromatic nitrogens is 1. The van der Waals surface area contributed by atoms with E-state index in [4.69, 9.17) is 9.47 Å². The van der Waals surface area contributed by atoms with Gasteiger partial charge >= 0.3 is 5.97 Å². The zero-order valence-corrected chi connectivity index (χ0v) is 19.1. The van der Waals surface area contributed by atoms with Crippen molar-refractivity contribution >= 4 is 11.9 Å². The summed E-state index contributed by atoms with van der Waals surface area (Å²) in [5.41, 5.74) is 4.68. The largest absolute Gasteiger partial charge is 0.496 e. The number of aromatic amines is 1. The molecule has 0 fully saturated rings. The van der Waals surface area contributed by atoms with Crippen molar-refractivity contribution in [1.29, 1.82) is 0 Å². The van der Waals surface area contributed by atoms with Crippen molar-refractivity contribution in [2.24, 2.45) is 0 Å². The van der Waals surface area contributed by atoms with Crippen molar-refractivity contribution in [2.45, 2.75) is 33.7 Å². The second kappa shape index (κ2) is 10.7. The molecule has 0 aliphatic heterocycles. The average molecular weight is 435 g/mol. The maximum absolute atomic E-state index is 13.6. The topological polar surface area (TPSA) is 71.6 Å². The molecule has 1 N–H and O–H groups in total. The van der Waals surface area contributed by atoms with Crippen LogP contribution in [0.3, 0.4) is 0 Å². The van der Waals surface area contributed by atoms with E-state index in [1.807, 2.05) is 49.1 Å². The Kier molecular flexibility index (Phi) is 7.71. The second-order valence-electron chi connectivity index (χ2n) is 7.61. The predicted octanol–water partition coefficient (Wildman–Crippen LogP) is 4.70. The number of ether oxygens (including phenoxy) is 2. The molecular formula is C26H30N2O4. The van der Waals surface area contributed by atoms with Crippen LogP contribution in [0.2, 0.25) is 0 Å². The number of nitrogens with zero attached hydrogens (tertiary/aromatic N) is 1. The summed E-state index contributed by atoms with van der Waals surface area (Å²) in [6.45, 7) is 6.78. The minimum Gasteiger partial charge on any atom is -0.496 e. The minimum absolute atomic E-state index is 0.115. The first-order chi connectivity index (χ1) is 15.5. The molecule has 3 rings (SSSR count). The molecule has 32 heavy (non-hydrogen) atoms. The van der Waals surface area contributed by atoms with Gasteiger partial charge in [0, 0.05) is 18.8 Å². The third-order valence-electron chi connectivity index (χ3n) is 5.56. The smallest absolute Gasteiger partial charge is 0.355 e. The average Bonchev–Trinajstić information content (AvgIpc) is 3.10. The third kappa shape index (κ3) is 5.19. The van der Waals surface area contributed by atoms with Crippen molar-refractivity contribution in [3.05, 3.63) is 88.2 Å². The molecule has 0 bridgehead atoms. The highest BCUT2D eigenvalue weighted by molar-refractivity contribution is 5.97. The maximum Gasteiger partial charge on any atom is 0.355 e. The van der Waals surface area contributed by atoms with Gasteiger partial charge in [0.15, 0.2) is 0 Å². The molecule has 0 saturated carbocycles. The van der Waals surface area contributed by atoms with Gasteiger partial charge in [-0.15, -0.1) is 0 Å². The Balaban J connectivity index is 1.92. The molecule has 1 aromatic heterocycles. The SMILES string of the molecule is CCOC(=O)c1[nH]c(C)c(CN(CCc2ccccc2)C(=O)c2ccccc2OC)c1C. The normalized spacial score (nSPS) is 10.6. The molecule has 0 spiro atoms. The standard InChI is InChI=1S/C26H30N2O4/c1-5-32-26(30)24-18(2)22(19(3)27-24)17-28(16-15-20-11-7-6-8-12-20)25(29)21-13-9-10-14-23(21)31-4/h6-14,27H,5,15-17H2,1-4H3. The van der Waals surface area contributed by atoms with Gasteiger partial charge in [-0.25, -0.2) is 4.79 Å². The molecule has 1 heterocycles. The van der Waals surface area contributed by atoms with Crippen molar-refractivity contribution in [1.82, 2.24) is 9.88 Å². The Hall–Kier alpha value is -3.54. The van der Waals surface area contributed by atoms with Crippen LogP contribution in [0.15, 0.2) is 54.6 Å². The molecule has 1 amide bonds. The maximum atomic E-state index is 13.6. The molecule has 3 aromatic rings. The van der Waals surface area contributed by atoms with E-state index in [1.165, 1.54) is 0 Å². The lowest BCUT2D eigenvalue weighted by Gasteiger charge is -2.24. The van der Waals surface area contributed by atoms with E-state index in [9.17, 15) is 9.59 Å². The van der Waals surface area contributed by atoms with Gasteiger partial charge in [0.05, 0.1) is 19.3 Å². The monoisotopic (exact) mass is 434 g/mol. The summed E-state index contributed by atoms with van der Waals surface area (Å²) in [5.74, 6) is 0.0410. The number of benzene rings is 2. The van der Waals surface area contributed by atoms with Gasteiger partial charge in [-0.3, -0.25) is 4.79 Å². The number of methoxy groups -OCH3 is 1. The van der Waals surface area contributed by atoms with E-state index in [2.05, 4.69) is 17.1 Å². The molecular weight excluding hydrogens is 404 g/mol. The minimum atomic E-state index is -0.383. The summed E-state index contributed by atoms with van der Waals surface area (Å²) in [5, 5.41) is 0. The van der Waals surface area contributed by atoms with E-state index in [1.54, 1.807) is 26.2 Å². The highest BCUT2D eigenvalue weighted by atomic mass is 16.5. The van der Waals surface area contributed by atoms with Crippen LogP contribution < -0.4 is 4.74 Å². The van der Waals surface area contributed by atoms with Gasteiger partial charge in [0.2, 0.25) is 0 Å². The fourth-order valence-electron chi connectivity index (χ4n) is 3.78. The van der Waals surface area contributed by atoms with E-state index in [0.717, 1.165) is 28.8 Å². The van der Waals surface area contributed by atoms with Crippen LogP contribution in [0.4, 0.5) is 0 Å². The number of esters is 1. The molecule has 2 aromatic carbocycles. The van der Waals surface area contributed by atoms with Crippen LogP contribution in [0, 0.1) is 13.8 Å². The lowest BCUT2D eigenvalue weighted by atomic mass is 10.1. The van der Waals surface area contributed by atoms with Crippen molar-refractivity contribution < 1.29 is 19.1 Å². The van der Waals surface area contributed by atoms with Crippen LogP contribution in [-0.4, -0.2) is 42.0 Å². The summed E-state index contributed by atoms with van der Waals surface area (Å²) in [4.78, 5) is 30.8. The first-order valence-electron chi connectivity index (χ1n) is 10.8. The number of nitrogens with one attached hydrogen (secondary N) is 1. The van der Waals surface area contributed by atoms with Gasteiger partial charge in [-0.2, -0.15) is 0 Å². The summed E-state index contributed by atoms with van der Waals surface area (Å²) >= 11 is 0. The Morgan fingerprint density at radius 1 is 1.00 bits per heavy atom. The fraction of sp³-hybridized carbons (Fsp3) is 0.308. The first kappa shape index (κ1) is 23.1. The molecule has 0 atom stereocenters. The van der Waals surface area contributed by atoms with E-state index in [-0.39, 0.29) is 11.9 Å². The fourth-order valence-corrected chi connectivity index (χ4v) is 3.78. The van der Waals surface area contributed by atoms with Gasteiger partial charge in [0.1, 0.15) is 11.4 Å². The third-order valence-corrected chi connectivity index (χ3v) is 5.56. The number of carbonyl (C=O) groups excluding carboxylic acids is 2. The first-order valence-corrected chi connectivity index (χ1v) is 10.8. The number of para-hydroxylation sites is 1. The molecule has 0 saturated heterocycles. The number of rotatable bonds is 9. The number of H-pyrrole nitrogens is 1. The van der Waals surface area contributed by atoms with Crippen LogP contribution >= 0.6 is 0 Å². The Morgan fingerprint density at radius 2 is 1.69 bits per heavy atom. The number of carbonyl (C=O) groups is 2. The molecule has 0 unspecified atom stereocenters. The molecule has 168 valence electrons. The van der Waals surface area contributed by atoms with Gasteiger partial charge in [-0.05, 0) is 56.0 Å². The quantitative estimate of drug-likeness (QED) is 0.496. The van der Waals surface area contributed by atoms with Crippen molar-refractivity contribution in [2.75, 3.05) is 20.3 Å². The van der Waals surface area contributed by atoms with Crippen LogP contribution in [0.5, 0.6) is 5.75 Å². The second-order valence-corrected chi connectivity index (χ2v) is 7.61. The Bertz CT molecular complexity index is 1070. The van der Waals surface area contributed by atoms with E-state index >= 15 is 0 Å². The summed E-state index contributed by atoms with van der Waals surface area (Å²) < 4.78 is 10.6. The van der Waals surface area contributed by atoms with Crippen molar-refractivity contribution in [3.8, 4) is 5.75 Å². The summed E-state index contributed by atoms with van der Waals surface area (Å²) in [6, 6.07) is 17.3. The van der Waals surface area contributed by atoms with E-state index in [0.29, 0.717) is 36.7 Å². The molecule has 0 aliphatic rings. The Labute approximate surface area is 189 Å². The van der Waals surface area contributed by atoms with Crippen LogP contribution in [-0.2, 0) is 17.7 Å². The number of hydrogen-bond acceptors (Lipinski definition) is 4. The molecule has 6 heteroatoms. The predicted molar refractivity (Wildman–Crippen MR) is 124 cm³/mol. The van der Waals surface area contributed by atoms with Gasteiger partial charge < -0.3 is 19.4 Å². The molecule has 0 radical (unpaired) electrons. The van der Waals surface area contributed by atoms with Crippen LogP contribution in [0.25, 0.3) is 0 Å². The number of aryl methyl sites for hydroxylation is 1. The Morgan fingerprint density at radius 3 is 2.38 bits per heavy atom. The van der Waals surface area contributed by atoms with Crippen molar-refractivity contribution in [3.63, 3.8) is 0 Å². The summed E-state index contributed by atoms with van der Waals surface area (Å²) in [6.07, 6.45) is 0.717. The number of amides is 1. The zero-order chi connectivity index (χ0) is 23.1. The number of hydrogen-bond donors (Lipinski definition) is 1. The van der Waals surface area contributed by atoms with E-state index < -0.39 is 0 Å². The lowest BCUT2D eigenvalue weighted by Crippen LogP contribution is -2.33. The molecule has 6 nitrogen and oxygen atoms in total. The van der Waals surface area contributed by atoms with Crippen LogP contribution in [0.1, 0.15) is 50.2 Å². The summed E-state index contributed by atoms with van der Waals surface area (Å²) in [7, 11) is 1.56. The molecule has 0 aliphatic carbocycles. The van der Waals surface area contributed by atoms with Gasteiger partial charge in [-0.1, -0.05) is 42.5 Å². The zero-order valence-electron chi connectivity index (χ0n) is 19.1. The highest BCUT2D eigenvalue weighted by Crippen LogP contribution is 2.24. The van der Waals surface area contributed by atoms with Gasteiger partial charge in [0.25, 0.3) is 5.91 Å². The lowest BCUT2D eigenvalue weighted by molar-refractivity contribution is 0.0519. The highest BCUT2D eigenvalue weighted by Gasteiger charge is 2.24.